The van der Waals surface area contributed by atoms with E-state index in [-0.39, 0.29) is 5.92 Å². The lowest BCUT2D eigenvalue weighted by atomic mass is 9.85. The maximum atomic E-state index is 9.61. The Morgan fingerprint density at radius 1 is 0.923 bits per heavy atom. The summed E-state index contributed by atoms with van der Waals surface area (Å²) in [7, 11) is 0. The van der Waals surface area contributed by atoms with Crippen molar-refractivity contribution in [2.45, 2.75) is 31.1 Å². The van der Waals surface area contributed by atoms with Gasteiger partial charge in [0.25, 0.3) is 0 Å². The second-order valence-electron chi connectivity index (χ2n) is 6.89. The van der Waals surface area contributed by atoms with Crippen molar-refractivity contribution in [2.75, 3.05) is 0 Å². The van der Waals surface area contributed by atoms with E-state index in [1.807, 2.05) is 18.2 Å². The van der Waals surface area contributed by atoms with Gasteiger partial charge in [0.2, 0.25) is 0 Å². The molecule has 0 aliphatic heterocycles. The second kappa shape index (κ2) is 7.52. The Morgan fingerprint density at radius 3 is 2.19 bits per heavy atom. The minimum absolute atomic E-state index is 0.142. The van der Waals surface area contributed by atoms with Gasteiger partial charge >= 0.3 is 0 Å². The Hall–Kier alpha value is -2.94. The van der Waals surface area contributed by atoms with E-state index in [1.165, 1.54) is 29.5 Å². The Labute approximate surface area is 154 Å². The van der Waals surface area contributed by atoms with Gasteiger partial charge in [-0.15, -0.1) is 0 Å². The third-order valence-electron chi connectivity index (χ3n) is 5.12. The molecule has 3 heteroatoms. The molecule has 1 saturated carbocycles. The number of aromatic nitrogens is 1. The van der Waals surface area contributed by atoms with Crippen LogP contribution in [0.25, 0.3) is 0 Å². The standard InChI is InChI=1S/C23H22N2O/c26-25-23(21-12-14-24-15-13-21)16-22(19-4-2-1-3-5-19)20-10-8-18(9-11-20)17-6-7-17/h1-5,8-15,17,22,26H,6-7,16H2/b25-23+. The van der Waals surface area contributed by atoms with E-state index in [0.717, 1.165) is 11.5 Å². The topological polar surface area (TPSA) is 45.5 Å². The van der Waals surface area contributed by atoms with Crippen LogP contribution < -0.4 is 0 Å². The molecule has 1 aromatic heterocycles. The first-order valence-corrected chi connectivity index (χ1v) is 9.11. The van der Waals surface area contributed by atoms with Gasteiger partial charge in [-0.05, 0) is 47.6 Å². The van der Waals surface area contributed by atoms with Crippen LogP contribution in [0.4, 0.5) is 0 Å². The van der Waals surface area contributed by atoms with Gasteiger partial charge in [0.1, 0.15) is 0 Å². The van der Waals surface area contributed by atoms with E-state index in [4.69, 9.17) is 0 Å². The molecule has 1 unspecified atom stereocenters. The van der Waals surface area contributed by atoms with Crippen LogP contribution in [0.3, 0.4) is 0 Å². The summed E-state index contributed by atoms with van der Waals surface area (Å²) in [5, 5.41) is 13.2. The molecule has 3 aromatic rings. The van der Waals surface area contributed by atoms with Crippen LogP contribution in [0.15, 0.2) is 84.3 Å². The summed E-state index contributed by atoms with van der Waals surface area (Å²) in [6.07, 6.45) is 6.70. The van der Waals surface area contributed by atoms with Gasteiger partial charge in [-0.1, -0.05) is 59.8 Å². The molecule has 130 valence electrons. The van der Waals surface area contributed by atoms with E-state index < -0.39 is 0 Å². The summed E-state index contributed by atoms with van der Waals surface area (Å²) in [6, 6.07) is 23.2. The average molecular weight is 342 g/mol. The third kappa shape index (κ3) is 3.67. The zero-order chi connectivity index (χ0) is 17.8. The van der Waals surface area contributed by atoms with Crippen molar-refractivity contribution in [1.82, 2.24) is 4.98 Å². The smallest absolute Gasteiger partial charge is 0.0878 e. The van der Waals surface area contributed by atoms with Crippen molar-refractivity contribution in [2.24, 2.45) is 5.16 Å². The van der Waals surface area contributed by atoms with Gasteiger partial charge in [0, 0.05) is 30.3 Å². The molecule has 1 fully saturated rings. The lowest BCUT2D eigenvalue weighted by Gasteiger charge is -2.19. The highest BCUT2D eigenvalue weighted by molar-refractivity contribution is 6.00. The molecular formula is C23H22N2O. The first kappa shape index (κ1) is 16.5. The summed E-state index contributed by atoms with van der Waals surface area (Å²) in [5.41, 5.74) is 5.48. The van der Waals surface area contributed by atoms with Crippen molar-refractivity contribution in [1.29, 1.82) is 0 Å². The summed E-state index contributed by atoms with van der Waals surface area (Å²) >= 11 is 0. The van der Waals surface area contributed by atoms with Crippen molar-refractivity contribution >= 4 is 5.71 Å². The van der Waals surface area contributed by atoms with Gasteiger partial charge in [0.05, 0.1) is 5.71 Å². The molecule has 0 spiro atoms. The number of nitrogens with zero attached hydrogens (tertiary/aromatic N) is 2. The van der Waals surface area contributed by atoms with E-state index >= 15 is 0 Å². The molecule has 0 amide bonds. The summed E-state index contributed by atoms with van der Waals surface area (Å²) in [4.78, 5) is 4.05. The minimum atomic E-state index is 0.142. The molecule has 1 aliphatic rings. The minimum Gasteiger partial charge on any atom is -0.411 e. The molecule has 26 heavy (non-hydrogen) atoms. The van der Waals surface area contributed by atoms with Gasteiger partial charge < -0.3 is 5.21 Å². The lowest BCUT2D eigenvalue weighted by Crippen LogP contribution is -2.10. The highest BCUT2D eigenvalue weighted by atomic mass is 16.4. The van der Waals surface area contributed by atoms with Gasteiger partial charge in [-0.25, -0.2) is 0 Å². The van der Waals surface area contributed by atoms with E-state index in [1.54, 1.807) is 12.4 Å². The predicted molar refractivity (Wildman–Crippen MR) is 104 cm³/mol. The number of benzene rings is 2. The van der Waals surface area contributed by atoms with Gasteiger partial charge in [-0.3, -0.25) is 4.98 Å². The first-order valence-electron chi connectivity index (χ1n) is 9.11. The summed E-state index contributed by atoms with van der Waals surface area (Å²) in [5.74, 6) is 0.897. The van der Waals surface area contributed by atoms with Crippen LogP contribution in [-0.2, 0) is 0 Å². The Bertz CT molecular complexity index is 869. The van der Waals surface area contributed by atoms with E-state index in [2.05, 4.69) is 58.7 Å². The van der Waals surface area contributed by atoms with Crippen LogP contribution in [0.2, 0.25) is 0 Å². The van der Waals surface area contributed by atoms with Crippen LogP contribution in [0.5, 0.6) is 0 Å². The van der Waals surface area contributed by atoms with Crippen LogP contribution >= 0.6 is 0 Å². The Morgan fingerprint density at radius 2 is 1.58 bits per heavy atom. The van der Waals surface area contributed by atoms with Gasteiger partial charge in [-0.2, -0.15) is 0 Å². The molecule has 0 saturated heterocycles. The molecule has 1 N–H and O–H groups in total. The molecule has 0 bridgehead atoms. The number of rotatable bonds is 6. The number of hydrogen-bond acceptors (Lipinski definition) is 3. The average Bonchev–Trinajstić information content (AvgIpc) is 3.56. The van der Waals surface area contributed by atoms with Crippen molar-refractivity contribution < 1.29 is 5.21 Å². The second-order valence-corrected chi connectivity index (χ2v) is 6.89. The highest BCUT2D eigenvalue weighted by Crippen LogP contribution is 2.40. The van der Waals surface area contributed by atoms with Crippen LogP contribution in [0.1, 0.15) is 53.4 Å². The highest BCUT2D eigenvalue weighted by Gasteiger charge is 2.24. The lowest BCUT2D eigenvalue weighted by molar-refractivity contribution is 0.317. The SMILES string of the molecule is O/N=C(\CC(c1ccccc1)c1ccc(C2CC2)cc1)c1ccncc1. The van der Waals surface area contributed by atoms with Crippen molar-refractivity contribution in [3.05, 3.63) is 101 Å². The fraction of sp³-hybridized carbons (Fsp3) is 0.217. The molecule has 1 heterocycles. The fourth-order valence-electron chi connectivity index (χ4n) is 3.48. The molecule has 1 atom stereocenters. The molecule has 1 aliphatic carbocycles. The number of hydrogen-bond donors (Lipinski definition) is 1. The number of pyridine rings is 1. The molecule has 0 radical (unpaired) electrons. The van der Waals surface area contributed by atoms with E-state index in [0.29, 0.717) is 12.1 Å². The van der Waals surface area contributed by atoms with Crippen LogP contribution in [0, 0.1) is 0 Å². The van der Waals surface area contributed by atoms with Gasteiger partial charge in [0.15, 0.2) is 0 Å². The molecule has 2 aromatic carbocycles. The number of oxime groups is 1. The third-order valence-corrected chi connectivity index (χ3v) is 5.12. The zero-order valence-corrected chi connectivity index (χ0v) is 14.6. The zero-order valence-electron chi connectivity index (χ0n) is 14.6. The Balaban J connectivity index is 1.66. The fourth-order valence-corrected chi connectivity index (χ4v) is 3.48. The van der Waals surface area contributed by atoms with Crippen molar-refractivity contribution in [3.8, 4) is 0 Å². The van der Waals surface area contributed by atoms with Crippen LogP contribution in [-0.4, -0.2) is 15.9 Å². The monoisotopic (exact) mass is 342 g/mol. The largest absolute Gasteiger partial charge is 0.411 e. The predicted octanol–water partition coefficient (Wildman–Crippen LogP) is 5.36. The maximum absolute atomic E-state index is 9.61. The summed E-state index contributed by atoms with van der Waals surface area (Å²) < 4.78 is 0. The molecule has 4 rings (SSSR count). The maximum Gasteiger partial charge on any atom is 0.0878 e. The molecule has 3 nitrogen and oxygen atoms in total. The van der Waals surface area contributed by atoms with Crippen molar-refractivity contribution in [3.63, 3.8) is 0 Å². The molecular weight excluding hydrogens is 320 g/mol. The van der Waals surface area contributed by atoms with E-state index in [9.17, 15) is 5.21 Å². The summed E-state index contributed by atoms with van der Waals surface area (Å²) in [6.45, 7) is 0. The quantitative estimate of drug-likeness (QED) is 0.372. The first-order chi connectivity index (χ1) is 12.8. The Kier molecular flexibility index (Phi) is 4.78. The normalized spacial score (nSPS) is 15.6.